The number of benzene rings is 1. The Balaban J connectivity index is 1.40. The Labute approximate surface area is 258 Å². The summed E-state index contributed by atoms with van der Waals surface area (Å²) in [4.78, 5) is 81.2. The first-order valence-corrected chi connectivity index (χ1v) is 15.2. The molecular formula is C32H45N5O7. The second-order valence-electron chi connectivity index (χ2n) is 14.0. The molecule has 240 valence electrons. The lowest BCUT2D eigenvalue weighted by atomic mass is 9.99. The first-order valence-electron chi connectivity index (χ1n) is 15.2. The van der Waals surface area contributed by atoms with Gasteiger partial charge in [0.2, 0.25) is 23.5 Å². The number of carbonyl (C=O) groups is 6. The molecule has 2 unspecified atom stereocenters. The maximum atomic E-state index is 13.7. The Bertz CT molecular complexity index is 1300. The van der Waals surface area contributed by atoms with E-state index in [4.69, 9.17) is 4.74 Å². The lowest BCUT2D eigenvalue weighted by Crippen LogP contribution is -2.56. The topological polar surface area (TPSA) is 154 Å². The molecule has 0 spiro atoms. The van der Waals surface area contributed by atoms with E-state index in [-0.39, 0.29) is 35.5 Å². The van der Waals surface area contributed by atoms with E-state index in [1.807, 2.05) is 0 Å². The van der Waals surface area contributed by atoms with Crippen LogP contribution in [0.3, 0.4) is 0 Å². The zero-order valence-corrected chi connectivity index (χ0v) is 26.6. The Hall–Kier alpha value is -3.96. The van der Waals surface area contributed by atoms with E-state index < -0.39 is 59.9 Å². The van der Waals surface area contributed by atoms with E-state index in [0.29, 0.717) is 12.1 Å². The van der Waals surface area contributed by atoms with Crippen molar-refractivity contribution in [1.29, 1.82) is 0 Å². The zero-order valence-electron chi connectivity index (χ0n) is 26.6. The summed E-state index contributed by atoms with van der Waals surface area (Å²) in [6.07, 6.45) is 1.47. The number of nitrogens with zero attached hydrogens (tertiary/aromatic N) is 2. The number of amides is 5. The highest BCUT2D eigenvalue weighted by Gasteiger charge is 2.70. The fraction of sp³-hybridized carbons (Fsp3) is 0.625. The standard InChI is InChI=1S/C32H45N5O7/c1-31(2,3)44-30(43)37-17-20-23(32(20,4)5)25(37)27(40)34-21(15-18-13-14-18)26(39)28(41)33-16-22(38)35-24(29(42)36(6)7)19-11-9-8-10-12-19/h8-12,18,20-21,23-25H,13-17H2,1-7H3,(H,33,41)(H,34,40)(H,35,38)/t20?,21?,23-,24-,25-/m0/s1. The normalized spacial score (nSPS) is 23.0. The number of hydrogen-bond donors (Lipinski definition) is 3. The molecule has 12 heteroatoms. The van der Waals surface area contributed by atoms with Gasteiger partial charge in [-0.15, -0.1) is 0 Å². The number of piperidine rings is 1. The Morgan fingerprint density at radius 2 is 1.66 bits per heavy atom. The van der Waals surface area contributed by atoms with Crippen molar-refractivity contribution in [1.82, 2.24) is 25.8 Å². The molecule has 3 N–H and O–H groups in total. The number of nitrogens with one attached hydrogen (secondary N) is 3. The molecule has 12 nitrogen and oxygen atoms in total. The molecule has 3 fully saturated rings. The van der Waals surface area contributed by atoms with Crippen LogP contribution < -0.4 is 16.0 Å². The number of rotatable bonds is 11. The summed E-state index contributed by atoms with van der Waals surface area (Å²) in [5.41, 5.74) is -0.314. The third-order valence-corrected chi connectivity index (χ3v) is 8.76. The van der Waals surface area contributed by atoms with Crippen molar-refractivity contribution in [3.05, 3.63) is 35.9 Å². The molecule has 1 heterocycles. The van der Waals surface area contributed by atoms with Gasteiger partial charge in [-0.2, -0.15) is 0 Å². The SMILES string of the molecule is CN(C)C(=O)[C@@H](NC(=O)CNC(=O)C(=O)C(CC1CC1)NC(=O)[C@@H]1[C@@H]2C(CN1C(=O)OC(C)(C)C)C2(C)C)c1ccccc1. The molecular weight excluding hydrogens is 566 g/mol. The summed E-state index contributed by atoms with van der Waals surface area (Å²) in [5, 5.41) is 7.74. The first kappa shape index (κ1) is 32.9. The van der Waals surface area contributed by atoms with Gasteiger partial charge in [-0.25, -0.2) is 4.79 Å². The molecule has 0 radical (unpaired) electrons. The smallest absolute Gasteiger partial charge is 0.410 e. The monoisotopic (exact) mass is 611 g/mol. The van der Waals surface area contributed by atoms with Crippen molar-refractivity contribution < 1.29 is 33.5 Å². The highest BCUT2D eigenvalue weighted by Crippen LogP contribution is 2.65. The van der Waals surface area contributed by atoms with E-state index in [1.54, 1.807) is 65.2 Å². The minimum Gasteiger partial charge on any atom is -0.444 e. The largest absolute Gasteiger partial charge is 0.444 e. The Kier molecular flexibility index (Phi) is 9.41. The zero-order chi connectivity index (χ0) is 32.6. The van der Waals surface area contributed by atoms with Crippen LogP contribution in [-0.2, 0) is 28.7 Å². The van der Waals surface area contributed by atoms with Gasteiger partial charge in [-0.1, -0.05) is 57.0 Å². The summed E-state index contributed by atoms with van der Waals surface area (Å²) in [6.45, 7) is 9.21. The van der Waals surface area contributed by atoms with Gasteiger partial charge in [0.1, 0.15) is 17.7 Å². The van der Waals surface area contributed by atoms with Crippen LogP contribution in [0.5, 0.6) is 0 Å². The summed E-state index contributed by atoms with van der Waals surface area (Å²) < 4.78 is 5.56. The van der Waals surface area contributed by atoms with Crippen molar-refractivity contribution in [2.45, 2.75) is 77.6 Å². The van der Waals surface area contributed by atoms with Crippen LogP contribution in [0.1, 0.15) is 65.5 Å². The second kappa shape index (κ2) is 12.6. The van der Waals surface area contributed by atoms with Crippen LogP contribution in [0, 0.1) is 23.2 Å². The third-order valence-electron chi connectivity index (χ3n) is 8.76. The average Bonchev–Trinajstić information content (AvgIpc) is 3.80. The maximum Gasteiger partial charge on any atom is 0.410 e. The summed E-state index contributed by atoms with van der Waals surface area (Å²) in [6, 6.07) is 5.80. The van der Waals surface area contributed by atoms with Gasteiger partial charge in [-0.05, 0) is 55.9 Å². The summed E-state index contributed by atoms with van der Waals surface area (Å²) >= 11 is 0. The molecule has 44 heavy (non-hydrogen) atoms. The molecule has 2 saturated carbocycles. The molecule has 5 atom stereocenters. The minimum absolute atomic E-state index is 0.0911. The van der Waals surface area contributed by atoms with Gasteiger partial charge in [0.15, 0.2) is 0 Å². The lowest BCUT2D eigenvalue weighted by Gasteiger charge is -2.32. The number of ether oxygens (including phenoxy) is 1. The van der Waals surface area contributed by atoms with Gasteiger partial charge in [0.05, 0.1) is 12.6 Å². The number of Topliss-reactive ketones (excluding diaryl/α,β-unsaturated/α-hetero) is 1. The molecule has 0 bridgehead atoms. The van der Waals surface area contributed by atoms with Gasteiger partial charge >= 0.3 is 6.09 Å². The Morgan fingerprint density at radius 3 is 2.23 bits per heavy atom. The number of carbonyl (C=O) groups excluding carboxylic acids is 6. The van der Waals surface area contributed by atoms with Gasteiger partial charge < -0.3 is 25.6 Å². The molecule has 1 aromatic rings. The molecule has 1 aromatic carbocycles. The van der Waals surface area contributed by atoms with Crippen LogP contribution in [0.25, 0.3) is 0 Å². The van der Waals surface area contributed by atoms with Gasteiger partial charge in [0, 0.05) is 20.6 Å². The molecule has 1 aliphatic heterocycles. The fourth-order valence-corrected chi connectivity index (χ4v) is 6.08. The molecule has 2 aliphatic carbocycles. The molecule has 4 rings (SSSR count). The van der Waals surface area contributed by atoms with Crippen LogP contribution >= 0.6 is 0 Å². The van der Waals surface area contributed by atoms with Crippen molar-refractivity contribution in [2.75, 3.05) is 27.2 Å². The number of likely N-dealkylation sites (N-methyl/N-ethyl adjacent to an activating group) is 1. The maximum absolute atomic E-state index is 13.7. The van der Waals surface area contributed by atoms with Crippen LogP contribution in [0.15, 0.2) is 30.3 Å². The summed E-state index contributed by atoms with van der Waals surface area (Å²) in [7, 11) is 3.14. The van der Waals surface area contributed by atoms with E-state index >= 15 is 0 Å². The molecule has 3 aliphatic rings. The van der Waals surface area contributed by atoms with E-state index in [2.05, 4.69) is 29.8 Å². The Morgan fingerprint density at radius 1 is 1.02 bits per heavy atom. The number of ketones is 1. The highest BCUT2D eigenvalue weighted by molar-refractivity contribution is 6.38. The second-order valence-corrected chi connectivity index (χ2v) is 14.0. The molecule has 0 aromatic heterocycles. The predicted octanol–water partition coefficient (Wildman–Crippen LogP) is 1.79. The lowest BCUT2D eigenvalue weighted by molar-refractivity contribution is -0.141. The van der Waals surface area contributed by atoms with Crippen LogP contribution in [0.2, 0.25) is 0 Å². The van der Waals surface area contributed by atoms with Gasteiger partial charge in [0.25, 0.3) is 5.91 Å². The minimum atomic E-state index is -1.10. The first-order chi connectivity index (χ1) is 20.5. The molecule has 5 amide bonds. The van der Waals surface area contributed by atoms with Crippen molar-refractivity contribution in [2.24, 2.45) is 23.2 Å². The van der Waals surface area contributed by atoms with E-state index in [0.717, 1.165) is 12.8 Å². The summed E-state index contributed by atoms with van der Waals surface area (Å²) in [5.74, 6) is -3.15. The van der Waals surface area contributed by atoms with E-state index in [1.165, 1.54) is 9.80 Å². The fourth-order valence-electron chi connectivity index (χ4n) is 6.08. The number of likely N-dealkylation sites (tertiary alicyclic amines) is 1. The van der Waals surface area contributed by atoms with Gasteiger partial charge in [-0.3, -0.25) is 28.9 Å². The van der Waals surface area contributed by atoms with Crippen molar-refractivity contribution >= 4 is 35.5 Å². The third kappa shape index (κ3) is 7.57. The van der Waals surface area contributed by atoms with Crippen LogP contribution in [0.4, 0.5) is 4.79 Å². The van der Waals surface area contributed by atoms with Crippen molar-refractivity contribution in [3.63, 3.8) is 0 Å². The predicted molar refractivity (Wildman–Crippen MR) is 161 cm³/mol. The molecule has 1 saturated heterocycles. The highest BCUT2D eigenvalue weighted by atomic mass is 16.6. The average molecular weight is 612 g/mol. The quantitative estimate of drug-likeness (QED) is 0.323. The van der Waals surface area contributed by atoms with E-state index in [9.17, 15) is 28.8 Å². The number of hydrogen-bond acceptors (Lipinski definition) is 7. The number of fused-ring (bicyclic) bond motifs is 1. The van der Waals surface area contributed by atoms with Crippen LogP contribution in [-0.4, -0.2) is 90.2 Å². The van der Waals surface area contributed by atoms with Crippen molar-refractivity contribution in [3.8, 4) is 0 Å².